The Morgan fingerprint density at radius 2 is 1.51 bits per heavy atom. The maximum atomic E-state index is 14.7. The van der Waals surface area contributed by atoms with Gasteiger partial charge in [-0.2, -0.15) is 13.2 Å². The second kappa shape index (κ2) is 15.5. The topological polar surface area (TPSA) is 86.8 Å². The summed E-state index contributed by atoms with van der Waals surface area (Å²) in [5.74, 6) is -1.19. The van der Waals surface area contributed by atoms with E-state index in [1.54, 1.807) is 12.1 Å². The quantitative estimate of drug-likeness (QED) is 0.164. The van der Waals surface area contributed by atoms with Crippen LogP contribution in [0.5, 0.6) is 0 Å². The fourth-order valence-corrected chi connectivity index (χ4v) is 7.72. The highest BCUT2D eigenvalue weighted by Crippen LogP contribution is 2.37. The van der Waals surface area contributed by atoms with Crippen LogP contribution in [0, 0.1) is 6.92 Å². The van der Waals surface area contributed by atoms with Crippen LogP contribution >= 0.6 is 11.6 Å². The van der Waals surface area contributed by atoms with Crippen molar-refractivity contribution in [3.8, 4) is 0 Å². The molecule has 1 aliphatic rings. The van der Waals surface area contributed by atoms with Gasteiger partial charge in [-0.05, 0) is 66.8 Å². The minimum Gasteiger partial charge on any atom is -0.352 e. The summed E-state index contributed by atoms with van der Waals surface area (Å²) in [7, 11) is -4.64. The number of aryl methyl sites for hydroxylation is 1. The van der Waals surface area contributed by atoms with Crippen LogP contribution in [0.25, 0.3) is 0 Å². The molecule has 2 amide bonds. The van der Waals surface area contributed by atoms with Crippen molar-refractivity contribution in [2.75, 3.05) is 10.8 Å². The normalized spacial score (nSPS) is 14.3. The second-order valence-corrected chi connectivity index (χ2v) is 14.4. The van der Waals surface area contributed by atoms with Crippen molar-refractivity contribution in [2.24, 2.45) is 0 Å². The zero-order valence-corrected chi connectivity index (χ0v) is 28.4. The molecule has 0 spiro atoms. The van der Waals surface area contributed by atoms with Gasteiger partial charge in [0.1, 0.15) is 12.6 Å². The molecular formula is C37H37ClF3N3O4S. The van der Waals surface area contributed by atoms with Crippen molar-refractivity contribution in [1.82, 2.24) is 10.2 Å². The molecule has 0 radical (unpaired) electrons. The van der Waals surface area contributed by atoms with Gasteiger partial charge in [-0.15, -0.1) is 0 Å². The number of benzene rings is 4. The Morgan fingerprint density at radius 3 is 2.14 bits per heavy atom. The summed E-state index contributed by atoms with van der Waals surface area (Å²) in [5, 5.41) is 2.80. The predicted octanol–water partition coefficient (Wildman–Crippen LogP) is 7.56. The molecular weight excluding hydrogens is 675 g/mol. The van der Waals surface area contributed by atoms with Gasteiger partial charge in [0.05, 0.1) is 21.2 Å². The Bertz CT molecular complexity index is 1870. The lowest BCUT2D eigenvalue weighted by atomic mass is 10.0. The summed E-state index contributed by atoms with van der Waals surface area (Å²) in [5.41, 5.74) is 0.676. The van der Waals surface area contributed by atoms with Gasteiger partial charge in [0.2, 0.25) is 11.8 Å². The Balaban J connectivity index is 1.62. The van der Waals surface area contributed by atoms with Crippen LogP contribution in [-0.4, -0.2) is 43.8 Å². The smallest absolute Gasteiger partial charge is 0.352 e. The lowest BCUT2D eigenvalue weighted by Gasteiger charge is -2.35. The van der Waals surface area contributed by atoms with E-state index < -0.39 is 51.9 Å². The van der Waals surface area contributed by atoms with Crippen LogP contribution in [0.4, 0.5) is 18.9 Å². The Labute approximate surface area is 289 Å². The number of amides is 2. The molecule has 1 fully saturated rings. The average molecular weight is 712 g/mol. The number of nitrogens with zero attached hydrogens (tertiary/aromatic N) is 2. The lowest BCUT2D eigenvalue weighted by Crippen LogP contribution is -2.54. The number of anilines is 1. The highest BCUT2D eigenvalue weighted by Gasteiger charge is 2.38. The summed E-state index contributed by atoms with van der Waals surface area (Å²) in [6, 6.07) is 24.7. The molecule has 12 heteroatoms. The molecule has 0 unspecified atom stereocenters. The number of hydrogen-bond donors (Lipinski definition) is 1. The molecule has 1 aliphatic carbocycles. The van der Waals surface area contributed by atoms with Gasteiger partial charge in [-0.1, -0.05) is 97.2 Å². The minimum absolute atomic E-state index is 0.0589. The molecule has 5 rings (SSSR count). The lowest BCUT2D eigenvalue weighted by molar-refractivity contribution is -0.140. The summed E-state index contributed by atoms with van der Waals surface area (Å²) >= 11 is 6.40. The zero-order chi connectivity index (χ0) is 35.2. The van der Waals surface area contributed by atoms with Crippen LogP contribution in [0.3, 0.4) is 0 Å². The maximum Gasteiger partial charge on any atom is 0.416 e. The van der Waals surface area contributed by atoms with E-state index in [9.17, 15) is 31.2 Å². The van der Waals surface area contributed by atoms with Crippen LogP contribution in [-0.2, 0) is 38.8 Å². The number of sulfonamides is 1. The van der Waals surface area contributed by atoms with Crippen molar-refractivity contribution in [1.29, 1.82) is 0 Å². The van der Waals surface area contributed by atoms with E-state index in [1.807, 2.05) is 55.5 Å². The third-order valence-corrected chi connectivity index (χ3v) is 10.8. The zero-order valence-electron chi connectivity index (χ0n) is 26.9. The molecule has 1 N–H and O–H groups in total. The van der Waals surface area contributed by atoms with E-state index >= 15 is 0 Å². The molecule has 4 aromatic carbocycles. The average Bonchev–Trinajstić information content (AvgIpc) is 3.59. The minimum atomic E-state index is -4.82. The Hall–Kier alpha value is -4.35. The highest BCUT2D eigenvalue weighted by molar-refractivity contribution is 7.92. The van der Waals surface area contributed by atoms with Gasteiger partial charge < -0.3 is 10.2 Å². The first-order valence-corrected chi connectivity index (χ1v) is 17.8. The van der Waals surface area contributed by atoms with E-state index in [0.29, 0.717) is 10.4 Å². The molecule has 4 aromatic rings. The highest BCUT2D eigenvalue weighted by atomic mass is 35.5. The van der Waals surface area contributed by atoms with Gasteiger partial charge in [0.25, 0.3) is 10.0 Å². The molecule has 0 heterocycles. The monoisotopic (exact) mass is 711 g/mol. The van der Waals surface area contributed by atoms with Crippen molar-refractivity contribution in [2.45, 2.75) is 68.7 Å². The molecule has 1 atom stereocenters. The van der Waals surface area contributed by atoms with Crippen molar-refractivity contribution < 1.29 is 31.2 Å². The van der Waals surface area contributed by atoms with Crippen molar-refractivity contribution >= 4 is 39.1 Å². The standard InChI is InChI=1S/C37H37ClF3N3O4S/c1-26-12-8-9-15-28(26)24-43(34(22-27-13-4-2-5-14-27)36(46)42-30-16-10-11-17-30)35(45)25-44(49(47,48)31-18-6-3-7-19-31)33-23-29(37(39,40)41)20-21-32(33)38/h2-9,12-15,18-21,23,30,34H,10-11,16-17,22,24-25H2,1H3,(H,42,46)/t34-/m1/s1. The first-order valence-electron chi connectivity index (χ1n) is 16.0. The summed E-state index contributed by atoms with van der Waals surface area (Å²) < 4.78 is 70.6. The third kappa shape index (κ3) is 8.82. The van der Waals surface area contributed by atoms with E-state index in [0.717, 1.165) is 54.5 Å². The van der Waals surface area contributed by atoms with Gasteiger partial charge in [0, 0.05) is 19.0 Å². The van der Waals surface area contributed by atoms with Gasteiger partial charge >= 0.3 is 6.18 Å². The van der Waals surface area contributed by atoms with E-state index in [2.05, 4.69) is 5.32 Å². The first-order chi connectivity index (χ1) is 23.3. The number of halogens is 4. The number of alkyl halides is 3. The number of hydrogen-bond acceptors (Lipinski definition) is 4. The fourth-order valence-electron chi connectivity index (χ4n) is 6.01. The predicted molar refractivity (Wildman–Crippen MR) is 183 cm³/mol. The van der Waals surface area contributed by atoms with E-state index in [-0.39, 0.29) is 28.9 Å². The second-order valence-electron chi connectivity index (χ2n) is 12.1. The van der Waals surface area contributed by atoms with Crippen LogP contribution < -0.4 is 9.62 Å². The molecule has 0 bridgehead atoms. The molecule has 0 saturated heterocycles. The van der Waals surface area contributed by atoms with Gasteiger partial charge in [-0.3, -0.25) is 13.9 Å². The molecule has 1 saturated carbocycles. The molecule has 7 nitrogen and oxygen atoms in total. The van der Waals surface area contributed by atoms with Gasteiger partial charge in [-0.25, -0.2) is 8.42 Å². The summed E-state index contributed by atoms with van der Waals surface area (Å²) in [6.07, 6.45) is -1.18. The van der Waals surface area contributed by atoms with Crippen LogP contribution in [0.15, 0.2) is 108 Å². The molecule has 258 valence electrons. The number of rotatable bonds is 12. The molecule has 0 aromatic heterocycles. The van der Waals surface area contributed by atoms with Crippen molar-refractivity contribution in [3.05, 3.63) is 130 Å². The number of carbonyl (C=O) groups is 2. The fraction of sp³-hybridized carbons (Fsp3) is 0.297. The first kappa shape index (κ1) is 35.9. The number of carbonyl (C=O) groups excluding carboxylic acids is 2. The third-order valence-electron chi connectivity index (χ3n) is 8.73. The molecule has 0 aliphatic heterocycles. The van der Waals surface area contributed by atoms with E-state index in [4.69, 9.17) is 11.6 Å². The van der Waals surface area contributed by atoms with Gasteiger partial charge in [0.15, 0.2) is 0 Å². The Kier molecular flexibility index (Phi) is 11.3. The summed E-state index contributed by atoms with van der Waals surface area (Å²) in [4.78, 5) is 29.9. The maximum absolute atomic E-state index is 14.7. The number of nitrogens with one attached hydrogen (secondary N) is 1. The van der Waals surface area contributed by atoms with Crippen LogP contribution in [0.1, 0.15) is 47.9 Å². The molecule has 49 heavy (non-hydrogen) atoms. The SMILES string of the molecule is Cc1ccccc1CN(C(=O)CN(c1cc(C(F)(F)F)ccc1Cl)S(=O)(=O)c1ccccc1)[C@H](Cc1ccccc1)C(=O)NC1CCCC1. The van der Waals surface area contributed by atoms with Crippen LogP contribution in [0.2, 0.25) is 5.02 Å². The Morgan fingerprint density at radius 1 is 0.898 bits per heavy atom. The summed E-state index contributed by atoms with van der Waals surface area (Å²) in [6.45, 7) is 0.875. The van der Waals surface area contributed by atoms with Crippen molar-refractivity contribution in [3.63, 3.8) is 0 Å². The van der Waals surface area contributed by atoms with E-state index in [1.165, 1.54) is 29.2 Å². The largest absolute Gasteiger partial charge is 0.416 e.